The minimum absolute atomic E-state index is 0. The van der Waals surface area contributed by atoms with Crippen molar-refractivity contribution in [3.8, 4) is 5.69 Å². The van der Waals surface area contributed by atoms with E-state index >= 15 is 0 Å². The summed E-state index contributed by atoms with van der Waals surface area (Å²) in [5.41, 5.74) is 2.38. The van der Waals surface area contributed by atoms with Crippen LogP contribution in [0.25, 0.3) is 16.6 Å². The minimum Gasteiger partial charge on any atom is -0.322 e. The molecule has 0 fully saturated rings. The lowest BCUT2D eigenvalue weighted by Crippen LogP contribution is -1.93. The summed E-state index contributed by atoms with van der Waals surface area (Å²) in [6, 6.07) is 11.5. The molecule has 0 bridgehead atoms. The average molecular weight is 293 g/mol. The standard InChI is InChI=1S/C14H9ClN2O.ClH/c15-14(18)10-6-8-17(9-10)13-5-1-4-12-11(13)3-2-7-16-12;/h1-9H;1H. The van der Waals surface area contributed by atoms with Gasteiger partial charge in [0.05, 0.1) is 16.8 Å². The Labute approximate surface area is 121 Å². The van der Waals surface area contributed by atoms with Gasteiger partial charge in [-0.05, 0) is 41.9 Å². The molecule has 0 atom stereocenters. The van der Waals surface area contributed by atoms with Crippen LogP contribution in [0.4, 0.5) is 0 Å². The first-order valence-electron chi connectivity index (χ1n) is 5.47. The van der Waals surface area contributed by atoms with E-state index in [1.165, 1.54) is 0 Å². The molecule has 2 heterocycles. The molecule has 0 aliphatic carbocycles. The Morgan fingerprint density at radius 2 is 2.00 bits per heavy atom. The Hall–Kier alpha value is -1.84. The second-order valence-corrected chi connectivity index (χ2v) is 4.27. The molecule has 0 saturated carbocycles. The first-order valence-corrected chi connectivity index (χ1v) is 5.85. The molecule has 0 N–H and O–H groups in total. The molecule has 0 aliphatic heterocycles. The lowest BCUT2D eigenvalue weighted by Gasteiger charge is -2.06. The van der Waals surface area contributed by atoms with E-state index in [-0.39, 0.29) is 12.4 Å². The Morgan fingerprint density at radius 1 is 1.16 bits per heavy atom. The van der Waals surface area contributed by atoms with Crippen LogP contribution in [-0.4, -0.2) is 14.8 Å². The number of benzene rings is 1. The Balaban J connectivity index is 0.00000133. The van der Waals surface area contributed by atoms with Crippen molar-refractivity contribution in [2.24, 2.45) is 0 Å². The fourth-order valence-electron chi connectivity index (χ4n) is 1.97. The number of aromatic nitrogens is 2. The van der Waals surface area contributed by atoms with Gasteiger partial charge in [0.1, 0.15) is 0 Å². The summed E-state index contributed by atoms with van der Waals surface area (Å²) in [5, 5.41) is 0.580. The van der Waals surface area contributed by atoms with Crippen molar-refractivity contribution in [3.63, 3.8) is 0 Å². The molecule has 0 saturated heterocycles. The van der Waals surface area contributed by atoms with Crippen LogP contribution in [-0.2, 0) is 0 Å². The summed E-state index contributed by atoms with van der Waals surface area (Å²) in [4.78, 5) is 15.4. The predicted molar refractivity (Wildman–Crippen MR) is 78.5 cm³/mol. The van der Waals surface area contributed by atoms with Gasteiger partial charge in [-0.15, -0.1) is 12.4 Å². The lowest BCUT2D eigenvalue weighted by molar-refractivity contribution is 0.108. The van der Waals surface area contributed by atoms with Gasteiger partial charge >= 0.3 is 0 Å². The van der Waals surface area contributed by atoms with Crippen LogP contribution >= 0.6 is 24.0 Å². The van der Waals surface area contributed by atoms with Crippen molar-refractivity contribution in [2.75, 3.05) is 0 Å². The van der Waals surface area contributed by atoms with E-state index in [1.54, 1.807) is 18.5 Å². The Bertz CT molecular complexity index is 732. The van der Waals surface area contributed by atoms with Crippen molar-refractivity contribution < 1.29 is 4.79 Å². The summed E-state index contributed by atoms with van der Waals surface area (Å²) in [6.45, 7) is 0. The van der Waals surface area contributed by atoms with E-state index in [1.807, 2.05) is 41.1 Å². The van der Waals surface area contributed by atoms with Crippen LogP contribution in [0.5, 0.6) is 0 Å². The lowest BCUT2D eigenvalue weighted by atomic mass is 10.2. The smallest absolute Gasteiger partial charge is 0.253 e. The highest BCUT2D eigenvalue weighted by atomic mass is 35.5. The molecular formula is C14H10Cl2N2O. The number of carbonyl (C=O) groups is 1. The van der Waals surface area contributed by atoms with E-state index in [2.05, 4.69) is 4.98 Å². The molecule has 0 radical (unpaired) electrons. The fraction of sp³-hybridized carbons (Fsp3) is 0. The molecule has 19 heavy (non-hydrogen) atoms. The van der Waals surface area contributed by atoms with E-state index in [0.29, 0.717) is 5.56 Å². The summed E-state index contributed by atoms with van der Waals surface area (Å²) in [6.07, 6.45) is 5.30. The van der Waals surface area contributed by atoms with E-state index in [4.69, 9.17) is 11.6 Å². The number of fused-ring (bicyclic) bond motifs is 1. The molecule has 5 heteroatoms. The molecule has 0 amide bonds. The minimum atomic E-state index is -0.452. The van der Waals surface area contributed by atoms with Crippen LogP contribution < -0.4 is 0 Å². The van der Waals surface area contributed by atoms with Crippen molar-refractivity contribution in [2.45, 2.75) is 0 Å². The largest absolute Gasteiger partial charge is 0.322 e. The van der Waals surface area contributed by atoms with Crippen LogP contribution in [0.1, 0.15) is 10.4 Å². The number of hydrogen-bond donors (Lipinski definition) is 0. The molecule has 0 unspecified atom stereocenters. The van der Waals surface area contributed by atoms with Gasteiger partial charge in [0, 0.05) is 24.0 Å². The second-order valence-electron chi connectivity index (χ2n) is 3.93. The third kappa shape index (κ3) is 2.48. The fourth-order valence-corrected chi connectivity index (χ4v) is 2.09. The number of halogens is 2. The molecule has 96 valence electrons. The van der Waals surface area contributed by atoms with Crippen molar-refractivity contribution in [1.29, 1.82) is 0 Å². The molecule has 3 nitrogen and oxygen atoms in total. The molecular weight excluding hydrogens is 283 g/mol. The summed E-state index contributed by atoms with van der Waals surface area (Å²) in [5.74, 6) is 0. The maximum Gasteiger partial charge on any atom is 0.253 e. The maximum absolute atomic E-state index is 11.1. The molecule has 0 spiro atoms. The first kappa shape index (κ1) is 13.6. The van der Waals surface area contributed by atoms with Crippen LogP contribution in [0.15, 0.2) is 55.0 Å². The highest BCUT2D eigenvalue weighted by Gasteiger charge is 2.07. The van der Waals surface area contributed by atoms with Crippen LogP contribution in [0.3, 0.4) is 0 Å². The summed E-state index contributed by atoms with van der Waals surface area (Å²) in [7, 11) is 0. The third-order valence-electron chi connectivity index (χ3n) is 2.82. The predicted octanol–water partition coefficient (Wildman–Crippen LogP) is 3.83. The highest BCUT2D eigenvalue weighted by Crippen LogP contribution is 2.21. The number of rotatable bonds is 2. The first-order chi connectivity index (χ1) is 8.75. The number of nitrogens with zero attached hydrogens (tertiary/aromatic N) is 2. The third-order valence-corrected chi connectivity index (χ3v) is 3.04. The summed E-state index contributed by atoms with van der Waals surface area (Å²) >= 11 is 5.46. The van der Waals surface area contributed by atoms with Crippen LogP contribution in [0, 0.1) is 0 Å². The normalized spacial score (nSPS) is 10.2. The maximum atomic E-state index is 11.1. The van der Waals surface area contributed by atoms with Crippen molar-refractivity contribution >= 4 is 40.2 Å². The zero-order chi connectivity index (χ0) is 12.5. The second kappa shape index (κ2) is 5.43. The van der Waals surface area contributed by atoms with Gasteiger partial charge < -0.3 is 4.57 Å². The summed E-state index contributed by atoms with van der Waals surface area (Å²) < 4.78 is 1.87. The Morgan fingerprint density at radius 3 is 2.74 bits per heavy atom. The molecule has 3 rings (SSSR count). The van der Waals surface area contributed by atoms with E-state index in [9.17, 15) is 4.79 Å². The van der Waals surface area contributed by atoms with Gasteiger partial charge in [-0.2, -0.15) is 0 Å². The number of hydrogen-bond acceptors (Lipinski definition) is 2. The number of pyridine rings is 1. The van der Waals surface area contributed by atoms with Crippen molar-refractivity contribution in [3.05, 3.63) is 60.6 Å². The zero-order valence-electron chi connectivity index (χ0n) is 9.79. The van der Waals surface area contributed by atoms with Gasteiger partial charge in [-0.1, -0.05) is 6.07 Å². The Kier molecular flexibility index (Phi) is 3.88. The van der Waals surface area contributed by atoms with E-state index in [0.717, 1.165) is 16.6 Å². The van der Waals surface area contributed by atoms with Gasteiger partial charge in [0.15, 0.2) is 0 Å². The van der Waals surface area contributed by atoms with Crippen molar-refractivity contribution in [1.82, 2.24) is 9.55 Å². The van der Waals surface area contributed by atoms with Gasteiger partial charge in [0.2, 0.25) is 0 Å². The average Bonchev–Trinajstić information content (AvgIpc) is 2.87. The quantitative estimate of drug-likeness (QED) is 0.673. The molecule has 3 aromatic rings. The topological polar surface area (TPSA) is 34.9 Å². The van der Waals surface area contributed by atoms with Gasteiger partial charge in [-0.3, -0.25) is 9.78 Å². The molecule has 0 aliphatic rings. The number of carbonyl (C=O) groups excluding carboxylic acids is 1. The van der Waals surface area contributed by atoms with Crippen LogP contribution in [0.2, 0.25) is 0 Å². The van der Waals surface area contributed by atoms with Gasteiger partial charge in [-0.25, -0.2) is 0 Å². The van der Waals surface area contributed by atoms with E-state index < -0.39 is 5.24 Å². The highest BCUT2D eigenvalue weighted by molar-refractivity contribution is 6.67. The van der Waals surface area contributed by atoms with Gasteiger partial charge in [0.25, 0.3) is 5.24 Å². The monoisotopic (exact) mass is 292 g/mol. The SMILES string of the molecule is Cl.O=C(Cl)c1ccn(-c2cccc3ncccc23)c1. The molecule has 1 aromatic carbocycles. The molecule has 2 aromatic heterocycles. The zero-order valence-corrected chi connectivity index (χ0v) is 11.4.